The van der Waals surface area contributed by atoms with Crippen LogP contribution in [0.4, 0.5) is 18.9 Å². The number of likely N-dealkylation sites (N-methyl/N-ethyl adjacent to an activating group) is 1. The van der Waals surface area contributed by atoms with Crippen molar-refractivity contribution in [3.05, 3.63) is 93.9 Å². The number of halogens is 3. The van der Waals surface area contributed by atoms with Gasteiger partial charge in [0.25, 0.3) is 5.91 Å². The molecule has 2 aromatic heterocycles. The number of benzene rings is 2. The van der Waals surface area contributed by atoms with E-state index < -0.39 is 17.6 Å². The van der Waals surface area contributed by atoms with Gasteiger partial charge in [-0.25, -0.2) is 0 Å². The molecule has 0 radical (unpaired) electrons. The SMILES string of the molecule is CC.Cc1ccc2nnc(C#Cc3cc(C(=O)Nc4ccc(CN5CCN(C)CC5)c(C(F)(F)F)c4)ccc3C)n2c1. The second-order valence-corrected chi connectivity index (χ2v) is 10.1. The highest BCUT2D eigenvalue weighted by Gasteiger charge is 2.34. The zero-order chi connectivity index (χ0) is 30.4. The number of hydrogen-bond donors (Lipinski definition) is 1. The van der Waals surface area contributed by atoms with Crippen LogP contribution in [-0.4, -0.2) is 63.5 Å². The number of hydrogen-bond acceptors (Lipinski definition) is 5. The molecule has 1 aliphatic heterocycles. The van der Waals surface area contributed by atoms with Gasteiger partial charge in [-0.2, -0.15) is 13.2 Å². The maximum Gasteiger partial charge on any atom is 0.416 e. The van der Waals surface area contributed by atoms with Crippen LogP contribution in [0, 0.1) is 25.7 Å². The molecule has 0 bridgehead atoms. The van der Waals surface area contributed by atoms with Crippen molar-refractivity contribution in [2.45, 2.75) is 40.4 Å². The van der Waals surface area contributed by atoms with Crippen molar-refractivity contribution in [1.29, 1.82) is 0 Å². The third-order valence-electron chi connectivity index (χ3n) is 7.02. The molecule has 1 N–H and O–H groups in total. The number of pyridine rings is 1. The number of anilines is 1. The van der Waals surface area contributed by atoms with Gasteiger partial charge >= 0.3 is 6.18 Å². The van der Waals surface area contributed by atoms with Gasteiger partial charge in [0.05, 0.1) is 5.56 Å². The van der Waals surface area contributed by atoms with Crippen LogP contribution >= 0.6 is 0 Å². The first-order valence-corrected chi connectivity index (χ1v) is 13.9. The van der Waals surface area contributed by atoms with Gasteiger partial charge in [-0.15, -0.1) is 10.2 Å². The first-order valence-electron chi connectivity index (χ1n) is 13.9. The van der Waals surface area contributed by atoms with Crippen molar-refractivity contribution >= 4 is 17.2 Å². The number of alkyl halides is 3. The largest absolute Gasteiger partial charge is 0.416 e. The number of piperazine rings is 1. The maximum absolute atomic E-state index is 14.0. The van der Waals surface area contributed by atoms with Gasteiger partial charge in [0.15, 0.2) is 5.65 Å². The zero-order valence-electron chi connectivity index (χ0n) is 24.5. The van der Waals surface area contributed by atoms with E-state index in [1.807, 2.05) is 58.0 Å². The van der Waals surface area contributed by atoms with Crippen LogP contribution in [0.5, 0.6) is 0 Å². The first kappa shape index (κ1) is 30.8. The molecule has 5 rings (SSSR count). The van der Waals surface area contributed by atoms with E-state index in [0.717, 1.165) is 30.3 Å². The molecule has 0 spiro atoms. The molecule has 1 aliphatic rings. The molecule has 10 heteroatoms. The van der Waals surface area contributed by atoms with E-state index in [0.29, 0.717) is 30.1 Å². The highest BCUT2D eigenvalue weighted by Crippen LogP contribution is 2.34. The van der Waals surface area contributed by atoms with Gasteiger partial charge in [0, 0.05) is 55.7 Å². The van der Waals surface area contributed by atoms with Gasteiger partial charge in [0.1, 0.15) is 0 Å². The van der Waals surface area contributed by atoms with Crippen molar-refractivity contribution < 1.29 is 18.0 Å². The third kappa shape index (κ3) is 7.35. The molecule has 0 atom stereocenters. The van der Waals surface area contributed by atoms with E-state index >= 15 is 0 Å². The Morgan fingerprint density at radius 2 is 1.69 bits per heavy atom. The van der Waals surface area contributed by atoms with E-state index in [1.165, 1.54) is 12.1 Å². The number of fused-ring (bicyclic) bond motifs is 1. The molecule has 3 heterocycles. The predicted octanol–water partition coefficient (Wildman–Crippen LogP) is 5.79. The minimum absolute atomic E-state index is 0.0814. The number of amides is 1. The number of aromatic nitrogens is 3. The van der Waals surface area contributed by atoms with Crippen LogP contribution in [0.2, 0.25) is 0 Å². The highest BCUT2D eigenvalue weighted by atomic mass is 19.4. The quantitative estimate of drug-likeness (QED) is 0.312. The fraction of sp³-hybridized carbons (Fsp3) is 0.344. The van der Waals surface area contributed by atoms with Gasteiger partial charge in [-0.1, -0.05) is 38.0 Å². The molecule has 4 aromatic rings. The maximum atomic E-state index is 14.0. The molecule has 7 nitrogen and oxygen atoms in total. The van der Waals surface area contributed by atoms with Crippen molar-refractivity contribution in [2.75, 3.05) is 38.5 Å². The van der Waals surface area contributed by atoms with Gasteiger partial charge in [0.2, 0.25) is 5.82 Å². The molecule has 0 unspecified atom stereocenters. The molecule has 42 heavy (non-hydrogen) atoms. The van der Waals surface area contributed by atoms with E-state index in [1.54, 1.807) is 22.6 Å². The normalized spacial score (nSPS) is 14.1. The lowest BCUT2D eigenvalue weighted by Gasteiger charge is -2.33. The Bertz CT molecular complexity index is 1620. The molecule has 0 saturated carbocycles. The molecule has 2 aromatic carbocycles. The molecular weight excluding hydrogens is 541 g/mol. The Kier molecular flexibility index (Phi) is 9.66. The number of nitrogens with zero attached hydrogens (tertiary/aromatic N) is 5. The Morgan fingerprint density at radius 3 is 2.40 bits per heavy atom. The molecule has 220 valence electrons. The minimum Gasteiger partial charge on any atom is -0.322 e. The van der Waals surface area contributed by atoms with Crippen LogP contribution < -0.4 is 5.32 Å². The van der Waals surface area contributed by atoms with E-state index in [-0.39, 0.29) is 23.4 Å². The summed E-state index contributed by atoms with van der Waals surface area (Å²) in [7, 11) is 2.00. The molecule has 1 saturated heterocycles. The average molecular weight is 577 g/mol. The Morgan fingerprint density at radius 1 is 0.952 bits per heavy atom. The summed E-state index contributed by atoms with van der Waals surface area (Å²) in [5.41, 5.74) is 2.98. The molecular formula is C32H35F3N6O. The topological polar surface area (TPSA) is 65.8 Å². The highest BCUT2D eigenvalue weighted by molar-refractivity contribution is 6.04. The summed E-state index contributed by atoms with van der Waals surface area (Å²) in [4.78, 5) is 17.2. The second kappa shape index (κ2) is 13.2. The lowest BCUT2D eigenvalue weighted by atomic mass is 10.0. The predicted molar refractivity (Wildman–Crippen MR) is 158 cm³/mol. The molecule has 0 aliphatic carbocycles. The monoisotopic (exact) mass is 576 g/mol. The van der Waals surface area contributed by atoms with E-state index in [9.17, 15) is 18.0 Å². The lowest BCUT2D eigenvalue weighted by molar-refractivity contribution is -0.138. The number of carbonyl (C=O) groups excluding carboxylic acids is 1. The average Bonchev–Trinajstić information content (AvgIpc) is 3.37. The summed E-state index contributed by atoms with van der Waals surface area (Å²) in [6, 6.07) is 12.8. The van der Waals surface area contributed by atoms with Crippen molar-refractivity contribution in [3.63, 3.8) is 0 Å². The van der Waals surface area contributed by atoms with Gasteiger partial charge < -0.3 is 10.2 Å². The van der Waals surface area contributed by atoms with Crippen LogP contribution in [-0.2, 0) is 12.7 Å². The fourth-order valence-electron chi connectivity index (χ4n) is 4.61. The number of rotatable bonds is 4. The first-order chi connectivity index (χ1) is 20.1. The van der Waals surface area contributed by atoms with Crippen molar-refractivity contribution in [2.24, 2.45) is 0 Å². The minimum atomic E-state index is -4.54. The third-order valence-corrected chi connectivity index (χ3v) is 7.02. The summed E-state index contributed by atoms with van der Waals surface area (Å²) < 4.78 is 43.7. The second-order valence-electron chi connectivity index (χ2n) is 10.1. The van der Waals surface area contributed by atoms with Gasteiger partial charge in [-0.3, -0.25) is 14.1 Å². The summed E-state index contributed by atoms with van der Waals surface area (Å²) in [6.07, 6.45) is -2.65. The van der Waals surface area contributed by atoms with Gasteiger partial charge in [-0.05, 0) is 73.8 Å². The van der Waals surface area contributed by atoms with Crippen LogP contribution in [0.1, 0.15) is 57.8 Å². The fourth-order valence-corrected chi connectivity index (χ4v) is 4.61. The smallest absolute Gasteiger partial charge is 0.322 e. The van der Waals surface area contributed by atoms with E-state index in [4.69, 9.17) is 0 Å². The Hall–Kier alpha value is -4.20. The zero-order valence-corrected chi connectivity index (χ0v) is 24.5. The lowest BCUT2D eigenvalue weighted by Crippen LogP contribution is -2.44. The summed E-state index contributed by atoms with van der Waals surface area (Å²) in [6.45, 7) is 11.1. The van der Waals surface area contributed by atoms with Crippen molar-refractivity contribution in [1.82, 2.24) is 24.4 Å². The summed E-state index contributed by atoms with van der Waals surface area (Å²) in [5, 5.41) is 10.9. The number of nitrogens with one attached hydrogen (secondary N) is 1. The number of aryl methyl sites for hydroxylation is 2. The molecule has 1 amide bonds. The van der Waals surface area contributed by atoms with Crippen LogP contribution in [0.25, 0.3) is 5.65 Å². The Labute approximate surface area is 244 Å². The summed E-state index contributed by atoms with van der Waals surface area (Å²) in [5.74, 6) is 6.00. The number of carbonyl (C=O) groups is 1. The van der Waals surface area contributed by atoms with Crippen LogP contribution in [0.15, 0.2) is 54.7 Å². The summed E-state index contributed by atoms with van der Waals surface area (Å²) >= 11 is 0. The van der Waals surface area contributed by atoms with Crippen molar-refractivity contribution in [3.8, 4) is 11.8 Å². The van der Waals surface area contributed by atoms with E-state index in [2.05, 4.69) is 32.3 Å². The molecule has 1 fully saturated rings. The van der Waals surface area contributed by atoms with Crippen LogP contribution in [0.3, 0.4) is 0 Å². The standard InChI is InChI=1S/C30H29F3N6O.C2H6/c1-20-4-10-27-35-36-28(39(27)18-20)11-8-22-16-23(6-5-21(22)2)29(40)34-25-9-7-24(26(17-25)30(31,32)33)19-38-14-12-37(3)13-15-38;1-2/h4-7,9-10,16-18H,12-15,19H2,1-3H3,(H,34,40);1-2H3. The Balaban J connectivity index is 0.00000198.